The molecule has 2 N–H and O–H groups in total. The zero-order chi connectivity index (χ0) is 15.2. The molecular weight excluding hydrogens is 284 g/mol. The van der Waals surface area contributed by atoms with Crippen molar-refractivity contribution in [2.24, 2.45) is 0 Å². The third-order valence-electron chi connectivity index (χ3n) is 2.86. The molecule has 2 rings (SSSR count). The van der Waals surface area contributed by atoms with Crippen LogP contribution in [-0.4, -0.2) is 28.2 Å². The van der Waals surface area contributed by atoms with Crippen molar-refractivity contribution in [3.8, 4) is 0 Å². The monoisotopic (exact) mass is 302 g/mol. The molecule has 0 fully saturated rings. The molecule has 0 saturated heterocycles. The third-order valence-corrected chi connectivity index (χ3v) is 3.70. The number of carbonyl (C=O) groups excluding carboxylic acids is 1. The summed E-state index contributed by atoms with van der Waals surface area (Å²) in [6, 6.07) is 11.3. The van der Waals surface area contributed by atoms with Crippen molar-refractivity contribution in [1.82, 2.24) is 9.97 Å². The standard InChI is InChI=1S/C15H18N4OS/c1-3-19(12-7-5-4-6-8-12)14(20)10-21-15-17-11(2)9-13(16)18-15/h4-9H,3,10H2,1-2H3,(H2,16,17,18). The van der Waals surface area contributed by atoms with E-state index in [0.29, 0.717) is 17.5 Å². The van der Waals surface area contributed by atoms with Crippen LogP contribution < -0.4 is 10.6 Å². The molecule has 1 heterocycles. The highest BCUT2D eigenvalue weighted by Crippen LogP contribution is 2.19. The quantitative estimate of drug-likeness (QED) is 0.678. The van der Waals surface area contributed by atoms with Gasteiger partial charge in [0.25, 0.3) is 0 Å². The Morgan fingerprint density at radius 2 is 2.00 bits per heavy atom. The first kappa shape index (κ1) is 15.3. The Bertz CT molecular complexity index is 598. The van der Waals surface area contributed by atoms with Crippen LogP contribution >= 0.6 is 11.8 Å². The molecule has 0 radical (unpaired) electrons. The maximum absolute atomic E-state index is 12.3. The lowest BCUT2D eigenvalue weighted by Crippen LogP contribution is -2.32. The summed E-state index contributed by atoms with van der Waals surface area (Å²) in [7, 11) is 0. The summed E-state index contributed by atoms with van der Waals surface area (Å²) in [6.45, 7) is 4.43. The van der Waals surface area contributed by atoms with Gasteiger partial charge in [0.1, 0.15) is 5.82 Å². The summed E-state index contributed by atoms with van der Waals surface area (Å²) < 4.78 is 0. The van der Waals surface area contributed by atoms with Crippen LogP contribution in [0.2, 0.25) is 0 Å². The summed E-state index contributed by atoms with van der Waals surface area (Å²) in [5, 5.41) is 0.532. The Labute approximate surface area is 128 Å². The van der Waals surface area contributed by atoms with Gasteiger partial charge in [-0.1, -0.05) is 30.0 Å². The molecule has 1 aromatic heterocycles. The van der Waals surface area contributed by atoms with E-state index < -0.39 is 0 Å². The van der Waals surface area contributed by atoms with Crippen molar-refractivity contribution in [2.75, 3.05) is 22.9 Å². The van der Waals surface area contributed by atoms with Gasteiger partial charge in [-0.05, 0) is 26.0 Å². The number of aryl methyl sites for hydroxylation is 1. The summed E-state index contributed by atoms with van der Waals surface area (Å²) in [5.41, 5.74) is 7.38. The van der Waals surface area contributed by atoms with Crippen molar-refractivity contribution < 1.29 is 4.79 Å². The highest BCUT2D eigenvalue weighted by atomic mass is 32.2. The van der Waals surface area contributed by atoms with E-state index in [9.17, 15) is 4.79 Å². The molecule has 0 aliphatic rings. The van der Waals surface area contributed by atoms with Crippen LogP contribution in [0.3, 0.4) is 0 Å². The van der Waals surface area contributed by atoms with Crippen LogP contribution in [-0.2, 0) is 4.79 Å². The van der Waals surface area contributed by atoms with Crippen molar-refractivity contribution in [3.63, 3.8) is 0 Å². The van der Waals surface area contributed by atoms with E-state index in [1.807, 2.05) is 44.2 Å². The molecule has 0 aliphatic heterocycles. The largest absolute Gasteiger partial charge is 0.384 e. The van der Waals surface area contributed by atoms with Gasteiger partial charge in [0.2, 0.25) is 5.91 Å². The lowest BCUT2D eigenvalue weighted by atomic mass is 10.3. The number of amides is 1. The molecule has 6 heteroatoms. The average molecular weight is 302 g/mol. The van der Waals surface area contributed by atoms with E-state index in [2.05, 4.69) is 9.97 Å². The van der Waals surface area contributed by atoms with Crippen molar-refractivity contribution in [1.29, 1.82) is 0 Å². The second-order valence-corrected chi connectivity index (χ2v) is 5.42. The number of para-hydroxylation sites is 1. The lowest BCUT2D eigenvalue weighted by Gasteiger charge is -2.20. The predicted octanol–water partition coefficient (Wildman–Crippen LogP) is 2.51. The van der Waals surface area contributed by atoms with Crippen LogP contribution in [0.5, 0.6) is 0 Å². The van der Waals surface area contributed by atoms with Crippen LogP contribution in [0.1, 0.15) is 12.6 Å². The molecule has 110 valence electrons. The fraction of sp³-hybridized carbons (Fsp3) is 0.267. The van der Waals surface area contributed by atoms with Gasteiger partial charge in [0.15, 0.2) is 5.16 Å². The van der Waals surface area contributed by atoms with E-state index in [-0.39, 0.29) is 11.7 Å². The Morgan fingerprint density at radius 1 is 1.29 bits per heavy atom. The highest BCUT2D eigenvalue weighted by molar-refractivity contribution is 7.99. The van der Waals surface area contributed by atoms with Gasteiger partial charge in [-0.3, -0.25) is 4.79 Å². The molecule has 1 aromatic carbocycles. The SMILES string of the molecule is CCN(C(=O)CSc1nc(C)cc(N)n1)c1ccccc1. The minimum Gasteiger partial charge on any atom is -0.384 e. The molecule has 0 unspecified atom stereocenters. The number of aromatic nitrogens is 2. The highest BCUT2D eigenvalue weighted by Gasteiger charge is 2.14. The fourth-order valence-electron chi connectivity index (χ4n) is 1.94. The van der Waals surface area contributed by atoms with Gasteiger partial charge in [-0.25, -0.2) is 9.97 Å². The normalized spacial score (nSPS) is 10.4. The summed E-state index contributed by atoms with van der Waals surface area (Å²) in [6.07, 6.45) is 0. The van der Waals surface area contributed by atoms with Gasteiger partial charge in [-0.2, -0.15) is 0 Å². The van der Waals surface area contributed by atoms with Crippen molar-refractivity contribution in [2.45, 2.75) is 19.0 Å². The molecule has 21 heavy (non-hydrogen) atoms. The second-order valence-electron chi connectivity index (χ2n) is 4.48. The first-order valence-corrected chi connectivity index (χ1v) is 7.68. The Morgan fingerprint density at radius 3 is 2.62 bits per heavy atom. The molecule has 0 bridgehead atoms. The van der Waals surface area contributed by atoms with Gasteiger partial charge in [0, 0.05) is 24.0 Å². The molecule has 0 spiro atoms. The number of nitrogen functional groups attached to an aromatic ring is 1. The number of nitrogens with two attached hydrogens (primary N) is 1. The predicted molar refractivity (Wildman–Crippen MR) is 86.4 cm³/mol. The topological polar surface area (TPSA) is 72.1 Å². The minimum atomic E-state index is 0.0253. The number of benzene rings is 1. The van der Waals surface area contributed by atoms with Crippen molar-refractivity contribution >= 4 is 29.2 Å². The number of hydrogen-bond acceptors (Lipinski definition) is 5. The molecule has 0 aliphatic carbocycles. The molecule has 2 aromatic rings. The van der Waals surface area contributed by atoms with Crippen LogP contribution in [0.15, 0.2) is 41.6 Å². The lowest BCUT2D eigenvalue weighted by molar-refractivity contribution is -0.116. The summed E-state index contributed by atoms with van der Waals surface area (Å²) >= 11 is 1.30. The first-order chi connectivity index (χ1) is 10.1. The Kier molecular flexibility index (Phi) is 5.16. The number of rotatable bonds is 5. The number of thioether (sulfide) groups is 1. The van der Waals surface area contributed by atoms with Gasteiger partial charge < -0.3 is 10.6 Å². The maximum atomic E-state index is 12.3. The zero-order valence-corrected chi connectivity index (χ0v) is 12.9. The van der Waals surface area contributed by atoms with Crippen LogP contribution in [0, 0.1) is 6.92 Å². The van der Waals surface area contributed by atoms with E-state index in [4.69, 9.17) is 5.73 Å². The van der Waals surface area contributed by atoms with E-state index >= 15 is 0 Å². The van der Waals surface area contributed by atoms with E-state index in [1.165, 1.54) is 11.8 Å². The van der Waals surface area contributed by atoms with Gasteiger partial charge in [-0.15, -0.1) is 0 Å². The number of hydrogen-bond donors (Lipinski definition) is 1. The maximum Gasteiger partial charge on any atom is 0.237 e. The molecule has 1 amide bonds. The minimum absolute atomic E-state index is 0.0253. The van der Waals surface area contributed by atoms with E-state index in [0.717, 1.165) is 11.4 Å². The molecule has 5 nitrogen and oxygen atoms in total. The second kappa shape index (κ2) is 7.08. The number of carbonyl (C=O) groups is 1. The molecule has 0 atom stereocenters. The van der Waals surface area contributed by atoms with Crippen LogP contribution in [0.4, 0.5) is 11.5 Å². The Balaban J connectivity index is 2.03. The number of anilines is 2. The van der Waals surface area contributed by atoms with Crippen molar-refractivity contribution in [3.05, 3.63) is 42.1 Å². The fourth-order valence-corrected chi connectivity index (χ4v) is 2.73. The molecule has 0 saturated carbocycles. The molecular formula is C15H18N4OS. The van der Waals surface area contributed by atoms with Gasteiger partial charge >= 0.3 is 0 Å². The first-order valence-electron chi connectivity index (χ1n) is 6.69. The number of nitrogens with zero attached hydrogens (tertiary/aromatic N) is 3. The summed E-state index contributed by atoms with van der Waals surface area (Å²) in [4.78, 5) is 22.5. The van der Waals surface area contributed by atoms with Gasteiger partial charge in [0.05, 0.1) is 5.75 Å². The third kappa shape index (κ3) is 4.19. The Hall–Kier alpha value is -2.08. The summed E-state index contributed by atoms with van der Waals surface area (Å²) in [5.74, 6) is 0.733. The average Bonchev–Trinajstić information content (AvgIpc) is 2.46. The van der Waals surface area contributed by atoms with E-state index in [1.54, 1.807) is 11.0 Å². The van der Waals surface area contributed by atoms with Crippen LogP contribution in [0.25, 0.3) is 0 Å². The smallest absolute Gasteiger partial charge is 0.237 e. The zero-order valence-electron chi connectivity index (χ0n) is 12.1.